The second-order valence-corrected chi connectivity index (χ2v) is 6.55. The number of ether oxygens (including phenoxy) is 1. The molecule has 0 saturated carbocycles. The van der Waals surface area contributed by atoms with Crippen LogP contribution in [0.5, 0.6) is 5.75 Å². The van der Waals surface area contributed by atoms with E-state index in [1.165, 1.54) is 0 Å². The molecule has 2 aromatic rings. The first-order chi connectivity index (χ1) is 11.9. The third kappa shape index (κ3) is 4.22. The van der Waals surface area contributed by atoms with Crippen LogP contribution in [0.3, 0.4) is 0 Å². The highest BCUT2D eigenvalue weighted by molar-refractivity contribution is 9.10. The Bertz CT molecular complexity index is 799. The van der Waals surface area contributed by atoms with Crippen molar-refractivity contribution < 1.29 is 14.3 Å². The lowest BCUT2D eigenvalue weighted by Crippen LogP contribution is -2.20. The van der Waals surface area contributed by atoms with Gasteiger partial charge in [0.05, 0.1) is 17.9 Å². The molecule has 2 rings (SSSR count). The number of nitrogens with one attached hydrogen (secondary N) is 1. The van der Waals surface area contributed by atoms with Crippen LogP contribution in [0.2, 0.25) is 0 Å². The number of carbonyl (C=O) groups is 2. The number of nitrogens with two attached hydrogens (primary N) is 1. The Morgan fingerprint density at radius 3 is 2.64 bits per heavy atom. The van der Waals surface area contributed by atoms with Gasteiger partial charge >= 0.3 is 0 Å². The summed E-state index contributed by atoms with van der Waals surface area (Å²) in [5, 5.41) is 2.85. The predicted molar refractivity (Wildman–Crippen MR) is 101 cm³/mol. The average molecular weight is 408 g/mol. The van der Waals surface area contributed by atoms with E-state index in [0.29, 0.717) is 23.6 Å². The molecular weight excluding hydrogens is 386 g/mol. The topological polar surface area (TPSA) is 86.4 Å². The standard InChI is InChI=1S/C18H22BrN3O3/c1-4-6-11-10-22(3)16(17(20)23)15(11)21-18(24)13-9-12(19)7-8-14(13)25-5-2/h7-10H,4-6H2,1-3H3,(H2,20,23)(H,21,24). The summed E-state index contributed by atoms with van der Waals surface area (Å²) in [5.74, 6) is -0.452. The molecule has 1 heterocycles. The summed E-state index contributed by atoms with van der Waals surface area (Å²) in [5.41, 5.74) is 7.50. The van der Waals surface area contributed by atoms with Crippen LogP contribution in [0.4, 0.5) is 5.69 Å². The summed E-state index contributed by atoms with van der Waals surface area (Å²) in [6.07, 6.45) is 3.43. The molecule has 6 nitrogen and oxygen atoms in total. The van der Waals surface area contributed by atoms with Crippen molar-refractivity contribution in [3.63, 3.8) is 0 Å². The Balaban J connectivity index is 2.44. The molecule has 0 saturated heterocycles. The minimum Gasteiger partial charge on any atom is -0.493 e. The molecule has 1 aromatic heterocycles. The zero-order valence-corrected chi connectivity index (χ0v) is 16.1. The number of halogens is 1. The van der Waals surface area contributed by atoms with E-state index in [1.807, 2.05) is 26.1 Å². The van der Waals surface area contributed by atoms with E-state index < -0.39 is 5.91 Å². The number of rotatable bonds is 7. The molecule has 0 bridgehead atoms. The molecule has 0 fully saturated rings. The monoisotopic (exact) mass is 407 g/mol. The second-order valence-electron chi connectivity index (χ2n) is 5.63. The summed E-state index contributed by atoms with van der Waals surface area (Å²) in [6.45, 7) is 4.33. The number of aryl methyl sites for hydroxylation is 2. The number of benzene rings is 1. The molecule has 1 aromatic carbocycles. The summed E-state index contributed by atoms with van der Waals surface area (Å²) < 4.78 is 7.94. The highest BCUT2D eigenvalue weighted by Crippen LogP contribution is 2.28. The quantitative estimate of drug-likeness (QED) is 0.736. The highest BCUT2D eigenvalue weighted by atomic mass is 79.9. The number of aromatic nitrogens is 1. The van der Waals surface area contributed by atoms with Crippen LogP contribution in [-0.2, 0) is 13.5 Å². The van der Waals surface area contributed by atoms with Gasteiger partial charge in [-0.2, -0.15) is 0 Å². The zero-order chi connectivity index (χ0) is 18.6. The zero-order valence-electron chi connectivity index (χ0n) is 14.6. The van der Waals surface area contributed by atoms with E-state index in [0.717, 1.165) is 22.9 Å². The van der Waals surface area contributed by atoms with Crippen molar-refractivity contribution >= 4 is 33.4 Å². The van der Waals surface area contributed by atoms with Gasteiger partial charge in [-0.15, -0.1) is 0 Å². The van der Waals surface area contributed by atoms with Gasteiger partial charge < -0.3 is 20.4 Å². The van der Waals surface area contributed by atoms with E-state index in [-0.39, 0.29) is 11.6 Å². The maximum atomic E-state index is 12.8. The first-order valence-electron chi connectivity index (χ1n) is 8.10. The van der Waals surface area contributed by atoms with Gasteiger partial charge in [0.15, 0.2) is 0 Å². The van der Waals surface area contributed by atoms with Crippen LogP contribution >= 0.6 is 15.9 Å². The summed E-state index contributed by atoms with van der Waals surface area (Å²) in [6, 6.07) is 5.23. The van der Waals surface area contributed by atoms with Crippen LogP contribution < -0.4 is 15.8 Å². The normalized spacial score (nSPS) is 10.6. The number of hydrogen-bond donors (Lipinski definition) is 2. The van der Waals surface area contributed by atoms with Crippen molar-refractivity contribution in [3.05, 3.63) is 45.7 Å². The first kappa shape index (κ1) is 19.1. The maximum absolute atomic E-state index is 12.8. The minimum absolute atomic E-state index is 0.282. The summed E-state index contributed by atoms with van der Waals surface area (Å²) in [7, 11) is 1.74. The molecule has 0 aliphatic carbocycles. The van der Waals surface area contributed by atoms with Gasteiger partial charge in [0.25, 0.3) is 11.8 Å². The number of hydrogen-bond acceptors (Lipinski definition) is 3. The van der Waals surface area contributed by atoms with Crippen molar-refractivity contribution in [1.82, 2.24) is 4.57 Å². The van der Waals surface area contributed by atoms with Crippen molar-refractivity contribution in [3.8, 4) is 5.75 Å². The molecule has 0 atom stereocenters. The van der Waals surface area contributed by atoms with E-state index >= 15 is 0 Å². The summed E-state index contributed by atoms with van der Waals surface area (Å²) >= 11 is 3.37. The molecule has 0 unspecified atom stereocenters. The Morgan fingerprint density at radius 2 is 2.04 bits per heavy atom. The van der Waals surface area contributed by atoms with Crippen LogP contribution in [-0.4, -0.2) is 23.0 Å². The lowest BCUT2D eigenvalue weighted by atomic mass is 10.1. The third-order valence-corrected chi connectivity index (χ3v) is 4.23. The fraction of sp³-hybridized carbons (Fsp3) is 0.333. The van der Waals surface area contributed by atoms with E-state index in [1.54, 1.807) is 23.7 Å². The molecule has 25 heavy (non-hydrogen) atoms. The molecule has 2 amide bonds. The van der Waals surface area contributed by atoms with Gasteiger partial charge in [0.1, 0.15) is 11.4 Å². The van der Waals surface area contributed by atoms with Gasteiger partial charge in [0.2, 0.25) is 0 Å². The van der Waals surface area contributed by atoms with E-state index in [4.69, 9.17) is 10.5 Å². The minimum atomic E-state index is -0.584. The Labute approximate surface area is 155 Å². The Kier molecular flexibility index (Phi) is 6.25. The highest BCUT2D eigenvalue weighted by Gasteiger charge is 2.22. The smallest absolute Gasteiger partial charge is 0.267 e. The van der Waals surface area contributed by atoms with E-state index in [9.17, 15) is 9.59 Å². The summed E-state index contributed by atoms with van der Waals surface area (Å²) in [4.78, 5) is 24.6. The number of carbonyl (C=O) groups excluding carboxylic acids is 2. The van der Waals surface area contributed by atoms with Gasteiger partial charge in [-0.3, -0.25) is 9.59 Å². The van der Waals surface area contributed by atoms with Crippen LogP contribution in [0.25, 0.3) is 0 Å². The first-order valence-corrected chi connectivity index (χ1v) is 8.90. The van der Waals surface area contributed by atoms with Crippen LogP contribution in [0.1, 0.15) is 46.7 Å². The largest absolute Gasteiger partial charge is 0.493 e. The molecule has 0 aliphatic rings. The van der Waals surface area contributed by atoms with Crippen LogP contribution in [0, 0.1) is 0 Å². The van der Waals surface area contributed by atoms with Gasteiger partial charge in [-0.05, 0) is 37.1 Å². The maximum Gasteiger partial charge on any atom is 0.267 e. The number of anilines is 1. The molecule has 0 aliphatic heterocycles. The average Bonchev–Trinajstić information content (AvgIpc) is 2.85. The number of amides is 2. The van der Waals surface area contributed by atoms with Crippen molar-refractivity contribution in [2.75, 3.05) is 11.9 Å². The molecule has 7 heteroatoms. The lowest BCUT2D eigenvalue weighted by molar-refractivity contribution is 0.0993. The van der Waals surface area contributed by atoms with E-state index in [2.05, 4.69) is 21.2 Å². The lowest BCUT2D eigenvalue weighted by Gasteiger charge is -2.12. The molecule has 134 valence electrons. The Hall–Kier alpha value is -2.28. The van der Waals surface area contributed by atoms with Crippen molar-refractivity contribution in [2.24, 2.45) is 12.8 Å². The second kappa shape index (κ2) is 8.20. The van der Waals surface area contributed by atoms with Gasteiger partial charge in [-0.1, -0.05) is 29.3 Å². The number of nitrogens with zero attached hydrogens (tertiary/aromatic N) is 1. The van der Waals surface area contributed by atoms with Gasteiger partial charge in [-0.25, -0.2) is 0 Å². The molecular formula is C18H22BrN3O3. The Morgan fingerprint density at radius 1 is 1.32 bits per heavy atom. The third-order valence-electron chi connectivity index (χ3n) is 3.74. The predicted octanol–water partition coefficient (Wildman–Crippen LogP) is 3.49. The fourth-order valence-electron chi connectivity index (χ4n) is 2.73. The molecule has 3 N–H and O–H groups in total. The number of primary amides is 1. The molecule has 0 radical (unpaired) electrons. The fourth-order valence-corrected chi connectivity index (χ4v) is 3.09. The molecule has 0 spiro atoms. The van der Waals surface area contributed by atoms with Crippen molar-refractivity contribution in [2.45, 2.75) is 26.7 Å². The van der Waals surface area contributed by atoms with Crippen LogP contribution in [0.15, 0.2) is 28.9 Å². The van der Waals surface area contributed by atoms with Gasteiger partial charge in [0, 0.05) is 17.7 Å². The van der Waals surface area contributed by atoms with Crippen molar-refractivity contribution in [1.29, 1.82) is 0 Å². The SMILES string of the molecule is CCCc1cn(C)c(C(N)=O)c1NC(=O)c1cc(Br)ccc1OCC.